The second kappa shape index (κ2) is 11.7. The molecule has 0 aromatic heterocycles. The molecule has 2 aliphatic carbocycles. The molecule has 12 nitrogen and oxygen atoms in total. The molecule has 4 aliphatic rings. The lowest BCUT2D eigenvalue weighted by Crippen LogP contribution is -2.73. The number of allylic oxidation sites excluding steroid dienone is 2. The van der Waals surface area contributed by atoms with Gasteiger partial charge < -0.3 is 14.6 Å². The Morgan fingerprint density at radius 3 is 2.11 bits per heavy atom. The van der Waals surface area contributed by atoms with Crippen LogP contribution in [-0.2, 0) is 35.3 Å². The Hall–Kier alpha value is -3.06. The Morgan fingerprint density at radius 1 is 1.00 bits per heavy atom. The molecule has 0 spiro atoms. The second-order valence-corrected chi connectivity index (χ2v) is 14.5. The number of amides is 4. The maximum Gasteiger partial charge on any atom is 0.437 e. The van der Waals surface area contributed by atoms with Gasteiger partial charge in [0, 0.05) is 6.42 Å². The summed E-state index contributed by atoms with van der Waals surface area (Å²) in [4.78, 5) is 75.3. The number of likely N-dealkylation sites (tertiary alicyclic amines) is 2. The minimum atomic E-state index is -2.46. The van der Waals surface area contributed by atoms with E-state index in [1.54, 1.807) is 51.1 Å². The van der Waals surface area contributed by atoms with Gasteiger partial charge in [-0.15, -0.1) is 0 Å². The van der Waals surface area contributed by atoms with E-state index < -0.39 is 76.1 Å². The van der Waals surface area contributed by atoms with Gasteiger partial charge in [-0.05, 0) is 85.8 Å². The first-order chi connectivity index (χ1) is 20.5. The van der Waals surface area contributed by atoms with Gasteiger partial charge in [-0.3, -0.25) is 19.3 Å². The standard InChI is InChI=1S/C29H32Cl3N3O9/c1-27(2,3)43-25(40)33-14-19(35(26(41)44-29(30,31)32)42-15-16-7-5-4-6-8-16)11-12-28(33,24(38)39)34-22(36)20-17-9-10-18(13-17)21(20)23(34)37/h4-10,17-21H,11-15H2,1-3H3,(H,38,39)/t17?,18?,19-,20?,21?,28-/m1/s1. The van der Waals surface area contributed by atoms with Crippen molar-refractivity contribution in [3.05, 3.63) is 48.0 Å². The SMILES string of the molecule is CC(C)(C)OC(=O)N1C[C@H](N(OCc2ccccc2)C(=O)OC(Cl)(Cl)Cl)CC[C@]1(C(=O)O)N1C(=O)C2C3C=CC(C3)C2C1=O. The van der Waals surface area contributed by atoms with Crippen LogP contribution in [0.25, 0.3) is 0 Å². The minimum absolute atomic E-state index is 0.134. The lowest BCUT2D eigenvalue weighted by Gasteiger charge is -2.50. The first kappa shape index (κ1) is 32.3. The summed E-state index contributed by atoms with van der Waals surface area (Å²) >= 11 is 17.2. The molecule has 4 unspecified atom stereocenters. The van der Waals surface area contributed by atoms with Crippen molar-refractivity contribution in [2.24, 2.45) is 23.7 Å². The van der Waals surface area contributed by atoms with E-state index in [1.165, 1.54) is 0 Å². The second-order valence-electron chi connectivity index (χ2n) is 12.3. The van der Waals surface area contributed by atoms with Gasteiger partial charge in [0.05, 0.1) is 24.4 Å². The maximum atomic E-state index is 13.9. The van der Waals surface area contributed by atoms with Crippen LogP contribution in [0.2, 0.25) is 0 Å². The highest BCUT2D eigenvalue weighted by atomic mass is 35.6. The molecule has 4 amide bonds. The van der Waals surface area contributed by atoms with Crippen molar-refractivity contribution in [3.8, 4) is 0 Å². The molecule has 6 atom stereocenters. The number of ether oxygens (including phenoxy) is 2. The van der Waals surface area contributed by atoms with Crippen LogP contribution in [0.15, 0.2) is 42.5 Å². The molecule has 1 aromatic carbocycles. The summed E-state index contributed by atoms with van der Waals surface area (Å²) in [5, 5.41) is 11.5. The van der Waals surface area contributed by atoms with Crippen molar-refractivity contribution in [3.63, 3.8) is 0 Å². The van der Waals surface area contributed by atoms with Gasteiger partial charge in [-0.25, -0.2) is 19.3 Å². The molecule has 2 heterocycles. The third-order valence-electron chi connectivity index (χ3n) is 8.39. The monoisotopic (exact) mass is 671 g/mol. The van der Waals surface area contributed by atoms with Crippen molar-refractivity contribution in [1.82, 2.24) is 14.9 Å². The predicted molar refractivity (Wildman–Crippen MR) is 156 cm³/mol. The summed E-state index contributed by atoms with van der Waals surface area (Å²) in [6.45, 7) is 4.10. The third-order valence-corrected chi connectivity index (χ3v) is 8.62. The summed E-state index contributed by atoms with van der Waals surface area (Å²) in [5.74, 6) is -4.71. The van der Waals surface area contributed by atoms with Crippen molar-refractivity contribution in [2.45, 2.75) is 67.9 Å². The molecular formula is C29H32Cl3N3O9. The number of hydroxylamine groups is 2. The molecule has 1 N–H and O–H groups in total. The van der Waals surface area contributed by atoms with E-state index in [4.69, 9.17) is 49.1 Å². The van der Waals surface area contributed by atoms with E-state index in [0.29, 0.717) is 12.0 Å². The number of hydrogen-bond acceptors (Lipinski definition) is 8. The van der Waals surface area contributed by atoms with Gasteiger partial charge in [0.25, 0.3) is 0 Å². The molecule has 44 heavy (non-hydrogen) atoms. The Balaban J connectivity index is 1.51. The van der Waals surface area contributed by atoms with Gasteiger partial charge in [0.1, 0.15) is 12.2 Å². The van der Waals surface area contributed by atoms with Crippen molar-refractivity contribution >= 4 is 64.8 Å². The zero-order valence-corrected chi connectivity index (χ0v) is 26.4. The summed E-state index contributed by atoms with van der Waals surface area (Å²) in [6.07, 6.45) is 1.48. The average Bonchev–Trinajstić information content (AvgIpc) is 3.61. The van der Waals surface area contributed by atoms with E-state index in [0.717, 1.165) is 14.9 Å². The van der Waals surface area contributed by atoms with E-state index in [1.807, 2.05) is 12.2 Å². The molecule has 238 valence electrons. The molecule has 0 radical (unpaired) electrons. The Morgan fingerprint density at radius 2 is 1.59 bits per heavy atom. The van der Waals surface area contributed by atoms with Crippen molar-refractivity contribution in [2.75, 3.05) is 6.54 Å². The molecular weight excluding hydrogens is 641 g/mol. The van der Waals surface area contributed by atoms with Crippen molar-refractivity contribution < 1.29 is 43.4 Å². The van der Waals surface area contributed by atoms with E-state index in [-0.39, 0.29) is 24.9 Å². The number of halogens is 3. The fraction of sp³-hybridized carbons (Fsp3) is 0.552. The number of piperidine rings is 1. The number of aliphatic carboxylic acids is 1. The Kier molecular flexibility index (Phi) is 8.60. The van der Waals surface area contributed by atoms with E-state index in [2.05, 4.69) is 0 Å². The van der Waals surface area contributed by atoms with Crippen LogP contribution in [0.3, 0.4) is 0 Å². The fourth-order valence-corrected chi connectivity index (χ4v) is 6.87. The molecule has 2 bridgehead atoms. The molecule has 5 rings (SSSR count). The summed E-state index contributed by atoms with van der Waals surface area (Å²) in [6, 6.07) is 7.73. The maximum absolute atomic E-state index is 13.9. The van der Waals surface area contributed by atoms with Crippen LogP contribution >= 0.6 is 34.8 Å². The van der Waals surface area contributed by atoms with E-state index in [9.17, 15) is 29.1 Å². The number of fused-ring (bicyclic) bond motifs is 5. The Bertz CT molecular complexity index is 1350. The van der Waals surface area contributed by atoms with Crippen LogP contribution in [0, 0.1) is 23.7 Å². The predicted octanol–water partition coefficient (Wildman–Crippen LogP) is 4.87. The highest BCUT2D eigenvalue weighted by Crippen LogP contribution is 2.55. The lowest BCUT2D eigenvalue weighted by atomic mass is 9.85. The average molecular weight is 673 g/mol. The van der Waals surface area contributed by atoms with Crippen LogP contribution in [0.1, 0.15) is 45.6 Å². The largest absolute Gasteiger partial charge is 0.478 e. The van der Waals surface area contributed by atoms with Crippen LogP contribution < -0.4 is 0 Å². The summed E-state index contributed by atoms with van der Waals surface area (Å²) in [7, 11) is 0. The fourth-order valence-electron chi connectivity index (χ4n) is 6.68. The van der Waals surface area contributed by atoms with Gasteiger partial charge in [0.15, 0.2) is 0 Å². The van der Waals surface area contributed by atoms with Crippen LogP contribution in [0.4, 0.5) is 9.59 Å². The molecule has 15 heteroatoms. The number of carbonyl (C=O) groups is 5. The zero-order valence-electron chi connectivity index (χ0n) is 24.2. The van der Waals surface area contributed by atoms with E-state index >= 15 is 0 Å². The number of carbonyl (C=O) groups excluding carboxylic acids is 4. The molecule has 3 fully saturated rings. The Labute approximate surface area is 268 Å². The number of nitrogens with zero attached hydrogens (tertiary/aromatic N) is 3. The number of carboxylic acids is 1. The van der Waals surface area contributed by atoms with Gasteiger partial charge in [-0.2, -0.15) is 5.06 Å². The smallest absolute Gasteiger partial charge is 0.437 e. The van der Waals surface area contributed by atoms with Gasteiger partial charge >= 0.3 is 22.1 Å². The lowest BCUT2D eigenvalue weighted by molar-refractivity contribution is -0.205. The number of rotatable bonds is 6. The number of hydrogen-bond donors (Lipinski definition) is 1. The molecule has 2 saturated heterocycles. The van der Waals surface area contributed by atoms with Crippen LogP contribution in [0.5, 0.6) is 0 Å². The summed E-state index contributed by atoms with van der Waals surface area (Å²) in [5.41, 5.74) is -2.84. The number of carboxylic acid groups (broad SMARTS) is 1. The third kappa shape index (κ3) is 5.96. The minimum Gasteiger partial charge on any atom is -0.478 e. The van der Waals surface area contributed by atoms with Gasteiger partial charge in [0.2, 0.25) is 17.5 Å². The molecule has 2 aliphatic heterocycles. The van der Waals surface area contributed by atoms with Crippen LogP contribution in [-0.4, -0.2) is 77.8 Å². The molecule has 1 aromatic rings. The number of benzene rings is 1. The summed E-state index contributed by atoms with van der Waals surface area (Å²) < 4.78 is 8.03. The highest BCUT2D eigenvalue weighted by molar-refractivity contribution is 6.66. The molecule has 1 saturated carbocycles. The quantitative estimate of drug-likeness (QED) is 0.194. The topological polar surface area (TPSA) is 143 Å². The first-order valence-corrected chi connectivity index (χ1v) is 15.2. The first-order valence-electron chi connectivity index (χ1n) is 14.1. The number of alkyl halides is 3. The highest BCUT2D eigenvalue weighted by Gasteiger charge is 2.68. The number of imide groups is 1. The van der Waals surface area contributed by atoms with Crippen molar-refractivity contribution in [1.29, 1.82) is 0 Å². The normalized spacial score (nSPS) is 29.5. The van der Waals surface area contributed by atoms with Gasteiger partial charge in [-0.1, -0.05) is 42.5 Å². The zero-order chi connectivity index (χ0) is 32.2.